The van der Waals surface area contributed by atoms with Crippen LogP contribution < -0.4 is 0 Å². The van der Waals surface area contributed by atoms with Gasteiger partial charge in [-0.1, -0.05) is 0 Å². The molecule has 0 aromatic rings. The summed E-state index contributed by atoms with van der Waals surface area (Å²) in [5, 5.41) is 8.54. The van der Waals surface area contributed by atoms with Crippen LogP contribution in [0.25, 0.3) is 0 Å². The Hall–Kier alpha value is -0.790. The summed E-state index contributed by atoms with van der Waals surface area (Å²) in [6, 6.07) is 0. The summed E-state index contributed by atoms with van der Waals surface area (Å²) in [7, 11) is 5.58. The van der Waals surface area contributed by atoms with Gasteiger partial charge in [-0.05, 0) is 27.1 Å². The Kier molecular flexibility index (Phi) is 10.6. The van der Waals surface area contributed by atoms with Gasteiger partial charge in [0.25, 0.3) is 0 Å². The minimum Gasteiger partial charge on any atom is -0.481 e. The molecule has 0 saturated heterocycles. The topological polar surface area (TPSA) is 70.1 Å². The Morgan fingerprint density at radius 1 is 1.16 bits per heavy atom. The smallest absolute Gasteiger partial charge is 0.313 e. The molecule has 1 amide bonds. The van der Waals surface area contributed by atoms with Crippen LogP contribution in [0.2, 0.25) is 0 Å². The van der Waals surface area contributed by atoms with Crippen LogP contribution in [0.4, 0.5) is 0 Å². The van der Waals surface area contributed by atoms with Gasteiger partial charge < -0.3 is 19.6 Å². The number of carboxylic acids is 1. The second-order valence-corrected chi connectivity index (χ2v) is 5.40. The maximum absolute atomic E-state index is 11.9. The number of hydrogen-bond acceptors (Lipinski definition) is 5. The van der Waals surface area contributed by atoms with Crippen molar-refractivity contribution in [1.29, 1.82) is 0 Å². The van der Waals surface area contributed by atoms with Gasteiger partial charge in [0.15, 0.2) is 0 Å². The molecule has 0 fully saturated rings. The maximum Gasteiger partial charge on any atom is 0.313 e. The van der Waals surface area contributed by atoms with Crippen molar-refractivity contribution in [3.8, 4) is 0 Å². The number of carbonyl (C=O) groups is 2. The van der Waals surface area contributed by atoms with Gasteiger partial charge >= 0.3 is 5.97 Å². The van der Waals surface area contributed by atoms with Gasteiger partial charge in [-0.3, -0.25) is 9.59 Å². The molecule has 0 radical (unpaired) electrons. The van der Waals surface area contributed by atoms with Crippen LogP contribution in [-0.4, -0.2) is 85.7 Å². The van der Waals surface area contributed by atoms with E-state index < -0.39 is 5.97 Å². The Labute approximate surface area is 119 Å². The van der Waals surface area contributed by atoms with E-state index >= 15 is 0 Å². The molecular weight excluding hydrogens is 268 g/mol. The first-order valence-electron chi connectivity index (χ1n) is 6.18. The molecule has 0 rings (SSSR count). The van der Waals surface area contributed by atoms with Crippen LogP contribution in [-0.2, 0) is 14.3 Å². The lowest BCUT2D eigenvalue weighted by Gasteiger charge is -2.23. The molecule has 6 nitrogen and oxygen atoms in total. The van der Waals surface area contributed by atoms with Gasteiger partial charge in [0.1, 0.15) is 0 Å². The molecule has 0 aromatic carbocycles. The first-order chi connectivity index (χ1) is 8.97. The van der Waals surface area contributed by atoms with E-state index in [4.69, 9.17) is 9.84 Å². The van der Waals surface area contributed by atoms with E-state index in [9.17, 15) is 9.59 Å². The molecule has 0 heterocycles. The van der Waals surface area contributed by atoms with E-state index in [0.29, 0.717) is 19.7 Å². The number of carboxylic acid groups (broad SMARTS) is 1. The number of methoxy groups -OCH3 is 1. The molecule has 0 aliphatic heterocycles. The zero-order valence-electron chi connectivity index (χ0n) is 11.9. The molecule has 0 aliphatic carbocycles. The monoisotopic (exact) mass is 292 g/mol. The zero-order valence-corrected chi connectivity index (χ0v) is 12.7. The fourth-order valence-corrected chi connectivity index (χ4v) is 2.09. The van der Waals surface area contributed by atoms with Crippen molar-refractivity contribution in [3.05, 3.63) is 0 Å². The summed E-state index contributed by atoms with van der Waals surface area (Å²) in [4.78, 5) is 26.2. The van der Waals surface area contributed by atoms with Crippen molar-refractivity contribution in [3.63, 3.8) is 0 Å². The largest absolute Gasteiger partial charge is 0.481 e. The number of thioether (sulfide) groups is 1. The van der Waals surface area contributed by atoms with Crippen molar-refractivity contribution in [1.82, 2.24) is 9.80 Å². The van der Waals surface area contributed by atoms with E-state index in [0.717, 1.165) is 24.7 Å². The molecule has 0 aromatic heterocycles. The van der Waals surface area contributed by atoms with Gasteiger partial charge in [0.2, 0.25) is 5.91 Å². The van der Waals surface area contributed by atoms with Crippen LogP contribution in [0.1, 0.15) is 6.42 Å². The predicted molar refractivity (Wildman–Crippen MR) is 76.6 cm³/mol. The number of carbonyl (C=O) groups excluding carboxylic acids is 1. The Morgan fingerprint density at radius 2 is 1.84 bits per heavy atom. The zero-order chi connectivity index (χ0) is 14.7. The third-order valence-electron chi connectivity index (χ3n) is 2.40. The molecule has 0 saturated carbocycles. The first kappa shape index (κ1) is 18.2. The summed E-state index contributed by atoms with van der Waals surface area (Å²) < 4.78 is 4.99. The molecule has 19 heavy (non-hydrogen) atoms. The van der Waals surface area contributed by atoms with Crippen LogP contribution in [0.3, 0.4) is 0 Å². The fourth-order valence-electron chi connectivity index (χ4n) is 1.46. The fraction of sp³-hybridized carbons (Fsp3) is 0.833. The molecule has 0 spiro atoms. The summed E-state index contributed by atoms with van der Waals surface area (Å²) in [6.45, 7) is 2.64. The average Bonchev–Trinajstić information content (AvgIpc) is 2.32. The molecule has 1 N–H and O–H groups in total. The lowest BCUT2D eigenvalue weighted by molar-refractivity contribution is -0.133. The normalized spacial score (nSPS) is 10.7. The number of aliphatic carboxylic acids is 1. The maximum atomic E-state index is 11.9. The van der Waals surface area contributed by atoms with Crippen LogP contribution in [0, 0.1) is 0 Å². The summed E-state index contributed by atoms with van der Waals surface area (Å²) in [5.74, 6) is -0.754. The molecule has 7 heteroatoms. The van der Waals surface area contributed by atoms with Crippen molar-refractivity contribution >= 4 is 23.6 Å². The molecule has 0 bridgehead atoms. The highest BCUT2D eigenvalue weighted by atomic mass is 32.2. The number of amides is 1. The third kappa shape index (κ3) is 10.8. The van der Waals surface area contributed by atoms with Crippen molar-refractivity contribution < 1.29 is 19.4 Å². The third-order valence-corrected chi connectivity index (χ3v) is 3.30. The highest BCUT2D eigenvalue weighted by molar-refractivity contribution is 8.00. The Bertz CT molecular complexity index is 274. The van der Waals surface area contributed by atoms with E-state index in [2.05, 4.69) is 4.90 Å². The van der Waals surface area contributed by atoms with E-state index in [-0.39, 0.29) is 17.4 Å². The Balaban J connectivity index is 4.07. The second kappa shape index (κ2) is 11.1. The highest BCUT2D eigenvalue weighted by Gasteiger charge is 2.13. The van der Waals surface area contributed by atoms with Gasteiger partial charge in [0.05, 0.1) is 18.1 Å². The minimum atomic E-state index is -0.895. The predicted octanol–water partition coefficient (Wildman–Crippen LogP) is 0.231. The lowest BCUT2D eigenvalue weighted by Crippen LogP contribution is -2.37. The lowest BCUT2D eigenvalue weighted by atomic mass is 10.3. The van der Waals surface area contributed by atoms with Gasteiger partial charge in [0, 0.05) is 20.2 Å². The summed E-state index contributed by atoms with van der Waals surface area (Å²) in [6.07, 6.45) is 0.895. The molecule has 0 atom stereocenters. The molecule has 0 unspecified atom stereocenters. The van der Waals surface area contributed by atoms with E-state index in [1.54, 1.807) is 12.0 Å². The summed E-state index contributed by atoms with van der Waals surface area (Å²) in [5.41, 5.74) is 0. The van der Waals surface area contributed by atoms with Crippen molar-refractivity contribution in [2.75, 3.05) is 59.0 Å². The number of hydrogen-bond donors (Lipinski definition) is 1. The van der Waals surface area contributed by atoms with Crippen molar-refractivity contribution in [2.24, 2.45) is 0 Å². The number of ether oxygens (including phenoxy) is 1. The Morgan fingerprint density at radius 3 is 2.37 bits per heavy atom. The number of rotatable bonds is 11. The van der Waals surface area contributed by atoms with Crippen LogP contribution in [0.15, 0.2) is 0 Å². The van der Waals surface area contributed by atoms with Gasteiger partial charge in [-0.25, -0.2) is 0 Å². The second-order valence-electron chi connectivity index (χ2n) is 4.42. The van der Waals surface area contributed by atoms with Crippen LogP contribution >= 0.6 is 11.8 Å². The average molecular weight is 292 g/mol. The summed E-state index contributed by atoms with van der Waals surface area (Å²) >= 11 is 1.13. The standard InChI is InChI=1S/C12H24N2O4S/c1-13(2)5-4-6-14(7-8-18-3)11(15)9-19-10-12(16)17/h4-10H2,1-3H3,(H,16,17). The van der Waals surface area contributed by atoms with Gasteiger partial charge in [-0.2, -0.15) is 0 Å². The molecule has 0 aliphatic rings. The van der Waals surface area contributed by atoms with E-state index in [1.807, 2.05) is 14.1 Å². The van der Waals surface area contributed by atoms with Crippen LogP contribution in [0.5, 0.6) is 0 Å². The number of nitrogens with zero attached hydrogens (tertiary/aromatic N) is 2. The SMILES string of the molecule is COCCN(CCCN(C)C)C(=O)CSCC(=O)O. The molecular formula is C12H24N2O4S. The first-order valence-corrected chi connectivity index (χ1v) is 7.33. The highest BCUT2D eigenvalue weighted by Crippen LogP contribution is 2.04. The molecule has 112 valence electrons. The van der Waals surface area contributed by atoms with Gasteiger partial charge in [-0.15, -0.1) is 11.8 Å². The van der Waals surface area contributed by atoms with E-state index in [1.165, 1.54) is 0 Å². The minimum absolute atomic E-state index is 0.0259. The quantitative estimate of drug-likeness (QED) is 0.588. The van der Waals surface area contributed by atoms with Crippen molar-refractivity contribution in [2.45, 2.75) is 6.42 Å².